The quantitative estimate of drug-likeness (QED) is 0.771. The number of ether oxygens (including phenoxy) is 2. The normalized spacial score (nSPS) is 22.6. The molecule has 2 heterocycles. The monoisotopic (exact) mass is 248 g/mol. The van der Waals surface area contributed by atoms with Gasteiger partial charge in [0, 0.05) is 24.3 Å². The molecule has 0 aliphatic carbocycles. The summed E-state index contributed by atoms with van der Waals surface area (Å²) in [4.78, 5) is 2.33. The summed E-state index contributed by atoms with van der Waals surface area (Å²) in [6, 6.07) is 6.20. The molecule has 0 atom stereocenters. The van der Waals surface area contributed by atoms with Crippen molar-refractivity contribution in [2.75, 3.05) is 36.9 Å². The Hall–Kier alpha value is -1.26. The second-order valence-electron chi connectivity index (χ2n) is 5.17. The molecule has 1 aromatic carbocycles. The molecule has 0 bridgehead atoms. The van der Waals surface area contributed by atoms with Crippen molar-refractivity contribution >= 4 is 11.4 Å². The van der Waals surface area contributed by atoms with Gasteiger partial charge < -0.3 is 20.1 Å². The third-order valence-electron chi connectivity index (χ3n) is 3.85. The fraction of sp³-hybridized carbons (Fsp3) is 0.571. The molecule has 2 saturated heterocycles. The van der Waals surface area contributed by atoms with Gasteiger partial charge in [0.1, 0.15) is 0 Å². The van der Waals surface area contributed by atoms with E-state index in [-0.39, 0.29) is 5.79 Å². The first-order valence-electron chi connectivity index (χ1n) is 6.58. The van der Waals surface area contributed by atoms with E-state index in [9.17, 15) is 0 Å². The molecule has 4 nitrogen and oxygen atoms in total. The van der Waals surface area contributed by atoms with Crippen molar-refractivity contribution in [2.24, 2.45) is 0 Å². The Bertz CT molecular complexity index is 441. The van der Waals surface area contributed by atoms with Crippen molar-refractivity contribution < 1.29 is 9.47 Å². The first kappa shape index (κ1) is 11.8. The smallest absolute Gasteiger partial charge is 0.186 e. The minimum atomic E-state index is -0.368. The zero-order valence-corrected chi connectivity index (χ0v) is 10.8. The van der Waals surface area contributed by atoms with Gasteiger partial charge in [-0.05, 0) is 37.1 Å². The van der Waals surface area contributed by atoms with Crippen LogP contribution in [0.3, 0.4) is 0 Å². The minimum Gasteiger partial charge on any atom is -0.399 e. The second kappa shape index (κ2) is 4.44. The predicted octanol–water partition coefficient (Wildman–Crippen LogP) is 1.92. The van der Waals surface area contributed by atoms with Gasteiger partial charge in [-0.2, -0.15) is 0 Å². The van der Waals surface area contributed by atoms with Gasteiger partial charge in [-0.15, -0.1) is 0 Å². The van der Waals surface area contributed by atoms with E-state index < -0.39 is 0 Å². The summed E-state index contributed by atoms with van der Waals surface area (Å²) in [7, 11) is 0. The number of benzene rings is 1. The summed E-state index contributed by atoms with van der Waals surface area (Å²) in [6.45, 7) is 5.35. The number of nitrogens with two attached hydrogens (primary N) is 1. The molecule has 0 aromatic heterocycles. The van der Waals surface area contributed by atoms with Gasteiger partial charge in [0.25, 0.3) is 0 Å². The molecule has 0 amide bonds. The molecule has 2 fully saturated rings. The molecular weight excluding hydrogens is 228 g/mol. The van der Waals surface area contributed by atoms with Crippen LogP contribution in [0.25, 0.3) is 0 Å². The van der Waals surface area contributed by atoms with Crippen LogP contribution in [0.2, 0.25) is 0 Å². The molecule has 98 valence electrons. The van der Waals surface area contributed by atoms with E-state index in [0.717, 1.165) is 37.2 Å². The van der Waals surface area contributed by atoms with Crippen LogP contribution in [0, 0.1) is 6.92 Å². The van der Waals surface area contributed by atoms with Gasteiger partial charge in [-0.1, -0.05) is 0 Å². The maximum absolute atomic E-state index is 5.87. The molecule has 2 N–H and O–H groups in total. The fourth-order valence-corrected chi connectivity index (χ4v) is 2.80. The van der Waals surface area contributed by atoms with Crippen molar-refractivity contribution in [1.82, 2.24) is 0 Å². The van der Waals surface area contributed by atoms with Crippen molar-refractivity contribution in [2.45, 2.75) is 25.6 Å². The predicted molar refractivity (Wildman–Crippen MR) is 71.7 cm³/mol. The number of nitrogens with zero attached hydrogens (tertiary/aromatic N) is 1. The molecule has 3 rings (SSSR count). The Morgan fingerprint density at radius 3 is 2.78 bits per heavy atom. The van der Waals surface area contributed by atoms with E-state index in [2.05, 4.69) is 17.0 Å². The standard InChI is InChI=1S/C14H20N2O2/c1-11-9-12(3-4-13(11)15)16-6-2-5-14(10-16)17-7-8-18-14/h3-4,9H,2,5-8,10,15H2,1H3. The van der Waals surface area contributed by atoms with Crippen LogP contribution in [-0.2, 0) is 9.47 Å². The third-order valence-corrected chi connectivity index (χ3v) is 3.85. The molecule has 18 heavy (non-hydrogen) atoms. The number of aryl methyl sites for hydroxylation is 1. The van der Waals surface area contributed by atoms with Gasteiger partial charge in [-0.3, -0.25) is 0 Å². The average Bonchev–Trinajstić information content (AvgIpc) is 2.81. The summed E-state index contributed by atoms with van der Waals surface area (Å²) in [5.74, 6) is -0.368. The number of hydrogen-bond donors (Lipinski definition) is 1. The van der Waals surface area contributed by atoms with Gasteiger partial charge in [-0.25, -0.2) is 0 Å². The summed E-state index contributed by atoms with van der Waals surface area (Å²) in [5.41, 5.74) is 9.05. The molecule has 2 aliphatic heterocycles. The van der Waals surface area contributed by atoms with E-state index >= 15 is 0 Å². The lowest BCUT2D eigenvalue weighted by Crippen LogP contribution is -2.49. The average molecular weight is 248 g/mol. The van der Waals surface area contributed by atoms with Crippen LogP contribution in [0.15, 0.2) is 18.2 Å². The number of nitrogen functional groups attached to an aromatic ring is 1. The SMILES string of the molecule is Cc1cc(N2CCCC3(C2)OCCO3)ccc1N. The Labute approximate surface area is 108 Å². The molecule has 2 aliphatic rings. The van der Waals surface area contributed by atoms with Gasteiger partial charge >= 0.3 is 0 Å². The zero-order valence-electron chi connectivity index (χ0n) is 10.8. The van der Waals surface area contributed by atoms with Crippen molar-refractivity contribution in [3.05, 3.63) is 23.8 Å². The number of hydrogen-bond acceptors (Lipinski definition) is 4. The van der Waals surface area contributed by atoms with Crippen LogP contribution in [0.4, 0.5) is 11.4 Å². The van der Waals surface area contributed by atoms with Crippen LogP contribution >= 0.6 is 0 Å². The minimum absolute atomic E-state index is 0.368. The van der Waals surface area contributed by atoms with Crippen LogP contribution < -0.4 is 10.6 Å². The lowest BCUT2D eigenvalue weighted by atomic mass is 10.0. The highest BCUT2D eigenvalue weighted by Gasteiger charge is 2.40. The maximum atomic E-state index is 5.87. The van der Waals surface area contributed by atoms with Crippen LogP contribution in [0.5, 0.6) is 0 Å². The molecule has 4 heteroatoms. The summed E-state index contributed by atoms with van der Waals surface area (Å²) >= 11 is 0. The lowest BCUT2D eigenvalue weighted by molar-refractivity contribution is -0.161. The van der Waals surface area contributed by atoms with Gasteiger partial charge in [0.15, 0.2) is 5.79 Å². The number of anilines is 2. The van der Waals surface area contributed by atoms with E-state index in [1.807, 2.05) is 13.0 Å². The molecular formula is C14H20N2O2. The zero-order chi connectivity index (χ0) is 12.6. The van der Waals surface area contributed by atoms with Gasteiger partial charge in [0.2, 0.25) is 0 Å². The summed E-state index contributed by atoms with van der Waals surface area (Å²) < 4.78 is 11.6. The molecule has 0 unspecified atom stereocenters. The van der Waals surface area contributed by atoms with E-state index in [4.69, 9.17) is 15.2 Å². The highest BCUT2D eigenvalue weighted by molar-refractivity contribution is 5.58. The first-order chi connectivity index (χ1) is 8.69. The summed E-state index contributed by atoms with van der Waals surface area (Å²) in [5, 5.41) is 0. The van der Waals surface area contributed by atoms with E-state index in [1.165, 1.54) is 5.69 Å². The molecule has 0 saturated carbocycles. The topological polar surface area (TPSA) is 47.7 Å². The summed E-state index contributed by atoms with van der Waals surface area (Å²) in [6.07, 6.45) is 2.10. The Kier molecular flexibility index (Phi) is 2.92. The Balaban J connectivity index is 1.81. The van der Waals surface area contributed by atoms with Crippen LogP contribution in [0.1, 0.15) is 18.4 Å². The maximum Gasteiger partial charge on any atom is 0.186 e. The van der Waals surface area contributed by atoms with Gasteiger partial charge in [0.05, 0.1) is 19.8 Å². The fourth-order valence-electron chi connectivity index (χ4n) is 2.80. The Morgan fingerprint density at radius 1 is 1.28 bits per heavy atom. The van der Waals surface area contributed by atoms with Crippen LogP contribution in [-0.4, -0.2) is 32.1 Å². The largest absolute Gasteiger partial charge is 0.399 e. The number of rotatable bonds is 1. The third kappa shape index (κ3) is 2.06. The second-order valence-corrected chi connectivity index (χ2v) is 5.17. The molecule has 1 aromatic rings. The lowest BCUT2D eigenvalue weighted by Gasteiger charge is -2.40. The van der Waals surface area contributed by atoms with Crippen molar-refractivity contribution in [3.8, 4) is 0 Å². The highest BCUT2D eigenvalue weighted by atomic mass is 16.7. The Morgan fingerprint density at radius 2 is 2.06 bits per heavy atom. The van der Waals surface area contributed by atoms with Crippen molar-refractivity contribution in [1.29, 1.82) is 0 Å². The molecule has 0 radical (unpaired) electrons. The molecule has 1 spiro atoms. The number of piperidine rings is 1. The first-order valence-corrected chi connectivity index (χ1v) is 6.58. The van der Waals surface area contributed by atoms with E-state index in [0.29, 0.717) is 13.2 Å². The van der Waals surface area contributed by atoms with E-state index in [1.54, 1.807) is 0 Å². The highest BCUT2D eigenvalue weighted by Crippen LogP contribution is 2.33. The van der Waals surface area contributed by atoms with Crippen molar-refractivity contribution in [3.63, 3.8) is 0 Å².